The highest BCUT2D eigenvalue weighted by Gasteiger charge is 2.26. The molecule has 0 spiro atoms. The topological polar surface area (TPSA) is 71.2 Å². The van der Waals surface area contributed by atoms with Gasteiger partial charge in [0.1, 0.15) is 5.69 Å². The van der Waals surface area contributed by atoms with Crippen LogP contribution in [0.3, 0.4) is 0 Å². The van der Waals surface area contributed by atoms with Crippen LogP contribution in [0.2, 0.25) is 0 Å². The summed E-state index contributed by atoms with van der Waals surface area (Å²) in [4.78, 5) is 27.6. The van der Waals surface area contributed by atoms with E-state index in [9.17, 15) is 9.59 Å². The number of carbonyl (C=O) groups is 2. The first-order chi connectivity index (χ1) is 11.6. The Morgan fingerprint density at radius 3 is 2.79 bits per heavy atom. The predicted octanol–water partition coefficient (Wildman–Crippen LogP) is 3.17. The third-order valence-electron chi connectivity index (χ3n) is 5.42. The molecule has 5 nitrogen and oxygen atoms in total. The van der Waals surface area contributed by atoms with E-state index >= 15 is 0 Å². The summed E-state index contributed by atoms with van der Waals surface area (Å²) in [5.41, 5.74) is 2.97. The average molecular weight is 332 g/mol. The van der Waals surface area contributed by atoms with E-state index in [2.05, 4.69) is 17.2 Å². The Balaban J connectivity index is 1.51. The van der Waals surface area contributed by atoms with Crippen LogP contribution >= 0.6 is 0 Å². The van der Waals surface area contributed by atoms with Gasteiger partial charge in [-0.05, 0) is 44.1 Å². The van der Waals surface area contributed by atoms with Gasteiger partial charge in [-0.15, -0.1) is 0 Å². The Morgan fingerprint density at radius 2 is 2.04 bits per heavy atom. The fourth-order valence-electron chi connectivity index (χ4n) is 3.99. The highest BCUT2D eigenvalue weighted by molar-refractivity contribution is 6.04. The molecule has 2 aliphatic rings. The second kappa shape index (κ2) is 7.51. The van der Waals surface area contributed by atoms with Crippen LogP contribution in [0, 0.1) is 12.8 Å². The normalized spacial score (nSPS) is 23.8. The van der Waals surface area contributed by atoms with Gasteiger partial charge in [0.15, 0.2) is 5.78 Å². The monoisotopic (exact) mass is 332 g/mol. The molecule has 0 aliphatic heterocycles. The SMILES string of the molecule is Cc1c(C(=O)NCCO[C@H]2CCCC[C@@H]2C)[nH]c2c1C(=O)CCC2. The summed E-state index contributed by atoms with van der Waals surface area (Å²) < 4.78 is 5.93. The maximum Gasteiger partial charge on any atom is 0.268 e. The number of rotatable bonds is 5. The van der Waals surface area contributed by atoms with Crippen LogP contribution in [0.15, 0.2) is 0 Å². The van der Waals surface area contributed by atoms with E-state index in [1.807, 2.05) is 6.92 Å². The van der Waals surface area contributed by atoms with Crippen LogP contribution in [-0.2, 0) is 11.2 Å². The zero-order chi connectivity index (χ0) is 17.1. The average Bonchev–Trinajstić information content (AvgIpc) is 2.91. The van der Waals surface area contributed by atoms with Crippen molar-refractivity contribution in [3.63, 3.8) is 0 Å². The number of amides is 1. The van der Waals surface area contributed by atoms with Crippen molar-refractivity contribution < 1.29 is 14.3 Å². The highest BCUT2D eigenvalue weighted by Crippen LogP contribution is 2.27. The molecule has 2 atom stereocenters. The Bertz CT molecular complexity index is 620. The summed E-state index contributed by atoms with van der Waals surface area (Å²) in [6.07, 6.45) is 7.51. The number of hydrogen-bond donors (Lipinski definition) is 2. The molecule has 132 valence electrons. The minimum Gasteiger partial charge on any atom is -0.376 e. The molecule has 1 aromatic heterocycles. The fourth-order valence-corrected chi connectivity index (χ4v) is 3.99. The summed E-state index contributed by atoms with van der Waals surface area (Å²) in [5, 5.41) is 2.91. The summed E-state index contributed by atoms with van der Waals surface area (Å²) >= 11 is 0. The van der Waals surface area contributed by atoms with Crippen LogP contribution in [0.25, 0.3) is 0 Å². The van der Waals surface area contributed by atoms with Gasteiger partial charge in [-0.3, -0.25) is 9.59 Å². The third kappa shape index (κ3) is 3.56. The molecule has 1 heterocycles. The second-order valence-corrected chi connectivity index (χ2v) is 7.18. The van der Waals surface area contributed by atoms with Crippen LogP contribution in [0.1, 0.15) is 77.6 Å². The fraction of sp³-hybridized carbons (Fsp3) is 0.684. The van der Waals surface area contributed by atoms with Gasteiger partial charge in [-0.2, -0.15) is 0 Å². The predicted molar refractivity (Wildman–Crippen MR) is 92.5 cm³/mol. The first-order valence-corrected chi connectivity index (χ1v) is 9.22. The van der Waals surface area contributed by atoms with Crippen LogP contribution in [0.4, 0.5) is 0 Å². The van der Waals surface area contributed by atoms with Gasteiger partial charge in [-0.25, -0.2) is 0 Å². The zero-order valence-electron chi connectivity index (χ0n) is 14.7. The maximum atomic E-state index is 12.4. The summed E-state index contributed by atoms with van der Waals surface area (Å²) in [5.74, 6) is 0.617. The van der Waals surface area contributed by atoms with Gasteiger partial charge < -0.3 is 15.0 Å². The number of Topliss-reactive ketones (excluding diaryl/α,β-unsaturated/α-hetero) is 1. The molecule has 0 radical (unpaired) electrons. The molecule has 0 aromatic carbocycles. The van der Waals surface area contributed by atoms with Gasteiger partial charge in [0, 0.05) is 24.2 Å². The minimum absolute atomic E-state index is 0.144. The molecular formula is C19H28N2O3. The van der Waals surface area contributed by atoms with E-state index < -0.39 is 0 Å². The number of fused-ring (bicyclic) bond motifs is 1. The van der Waals surface area contributed by atoms with Gasteiger partial charge in [0.2, 0.25) is 0 Å². The first-order valence-electron chi connectivity index (χ1n) is 9.22. The molecule has 0 bridgehead atoms. The summed E-state index contributed by atoms with van der Waals surface area (Å²) in [6, 6.07) is 0. The molecule has 1 saturated carbocycles. The quantitative estimate of drug-likeness (QED) is 0.814. The number of hydrogen-bond acceptors (Lipinski definition) is 3. The minimum atomic E-state index is -0.144. The van der Waals surface area contributed by atoms with Crippen molar-refractivity contribution in [1.29, 1.82) is 0 Å². The van der Waals surface area contributed by atoms with Crippen molar-refractivity contribution in [3.8, 4) is 0 Å². The number of ether oxygens (including phenoxy) is 1. The van der Waals surface area contributed by atoms with Crippen molar-refractivity contribution in [3.05, 3.63) is 22.5 Å². The number of nitrogens with one attached hydrogen (secondary N) is 2. The van der Waals surface area contributed by atoms with E-state index in [-0.39, 0.29) is 11.7 Å². The van der Waals surface area contributed by atoms with Gasteiger partial charge in [-0.1, -0.05) is 19.8 Å². The van der Waals surface area contributed by atoms with Crippen molar-refractivity contribution >= 4 is 11.7 Å². The van der Waals surface area contributed by atoms with Crippen molar-refractivity contribution in [2.45, 2.75) is 64.9 Å². The van der Waals surface area contributed by atoms with Crippen LogP contribution < -0.4 is 5.32 Å². The van der Waals surface area contributed by atoms with E-state index in [0.29, 0.717) is 37.3 Å². The molecule has 24 heavy (non-hydrogen) atoms. The maximum absolute atomic E-state index is 12.4. The van der Waals surface area contributed by atoms with E-state index in [4.69, 9.17) is 4.74 Å². The lowest BCUT2D eigenvalue weighted by atomic mass is 9.88. The number of aromatic amines is 1. The largest absolute Gasteiger partial charge is 0.376 e. The number of H-pyrrole nitrogens is 1. The van der Waals surface area contributed by atoms with Crippen molar-refractivity contribution in [1.82, 2.24) is 10.3 Å². The van der Waals surface area contributed by atoms with E-state index in [0.717, 1.165) is 36.1 Å². The molecule has 0 saturated heterocycles. The zero-order valence-corrected chi connectivity index (χ0v) is 14.7. The smallest absolute Gasteiger partial charge is 0.268 e. The molecule has 5 heteroatoms. The Labute approximate surface area is 143 Å². The lowest BCUT2D eigenvalue weighted by molar-refractivity contribution is -0.00295. The van der Waals surface area contributed by atoms with Crippen molar-refractivity contribution in [2.24, 2.45) is 5.92 Å². The number of aromatic nitrogens is 1. The summed E-state index contributed by atoms with van der Waals surface area (Å²) in [7, 11) is 0. The van der Waals surface area contributed by atoms with Crippen LogP contribution in [0.5, 0.6) is 0 Å². The third-order valence-corrected chi connectivity index (χ3v) is 5.42. The Kier molecular flexibility index (Phi) is 5.39. The summed E-state index contributed by atoms with van der Waals surface area (Å²) in [6.45, 7) is 5.14. The number of ketones is 1. The van der Waals surface area contributed by atoms with Gasteiger partial charge in [0.25, 0.3) is 5.91 Å². The molecule has 1 amide bonds. The number of aryl methyl sites for hydroxylation is 1. The number of carbonyl (C=O) groups excluding carboxylic acids is 2. The molecule has 3 rings (SSSR count). The van der Waals surface area contributed by atoms with Crippen LogP contribution in [-0.4, -0.2) is 35.9 Å². The lowest BCUT2D eigenvalue weighted by Crippen LogP contribution is -2.32. The molecule has 1 aromatic rings. The second-order valence-electron chi connectivity index (χ2n) is 7.18. The van der Waals surface area contributed by atoms with E-state index in [1.54, 1.807) is 0 Å². The van der Waals surface area contributed by atoms with E-state index in [1.165, 1.54) is 19.3 Å². The van der Waals surface area contributed by atoms with Crippen molar-refractivity contribution in [2.75, 3.05) is 13.2 Å². The van der Waals surface area contributed by atoms with Gasteiger partial charge in [0.05, 0.1) is 12.7 Å². The molecule has 0 unspecified atom stereocenters. The lowest BCUT2D eigenvalue weighted by Gasteiger charge is -2.28. The Hall–Kier alpha value is -1.62. The molecular weight excluding hydrogens is 304 g/mol. The highest BCUT2D eigenvalue weighted by atomic mass is 16.5. The standard InChI is InChI=1S/C19H28N2O3/c1-12-6-3-4-9-16(12)24-11-10-20-19(23)18-13(2)17-14(21-18)7-5-8-15(17)22/h12,16,21H,3-11H2,1-2H3,(H,20,23)/t12-,16-/m0/s1. The molecule has 1 fully saturated rings. The Morgan fingerprint density at radius 1 is 1.25 bits per heavy atom. The van der Waals surface area contributed by atoms with Gasteiger partial charge >= 0.3 is 0 Å². The molecule has 2 N–H and O–H groups in total. The molecule has 2 aliphatic carbocycles. The first kappa shape index (κ1) is 17.2.